The van der Waals surface area contributed by atoms with Crippen LogP contribution in [-0.2, 0) is 13.1 Å². The average molecular weight is 306 g/mol. The van der Waals surface area contributed by atoms with E-state index in [-0.39, 0.29) is 10.8 Å². The number of rotatable bonds is 4. The Kier molecular flexibility index (Phi) is 3.34. The minimum absolute atomic E-state index is 0.0271. The lowest BCUT2D eigenvalue weighted by Gasteiger charge is -1.95. The fraction of sp³-hybridized carbons (Fsp3) is 0.231. The second-order valence-electron chi connectivity index (χ2n) is 4.53. The molecule has 0 saturated carbocycles. The first-order valence-electron chi connectivity index (χ1n) is 6.42. The molecular formula is C13H12ClN5O2. The predicted molar refractivity (Wildman–Crippen MR) is 78.4 cm³/mol. The Morgan fingerprint density at radius 1 is 1.33 bits per heavy atom. The van der Waals surface area contributed by atoms with Gasteiger partial charge in [-0.05, 0) is 17.9 Å². The molecule has 2 aromatic heterocycles. The maximum Gasteiger partial charge on any atom is 0.408 e. The summed E-state index contributed by atoms with van der Waals surface area (Å²) < 4.78 is 3.33. The normalized spacial score (nSPS) is 11.1. The minimum atomic E-state index is -0.596. The van der Waals surface area contributed by atoms with E-state index in [1.807, 2.05) is 35.9 Å². The SMILES string of the molecule is CCn1nc(Cn2cc(Cl)c([N+](=O)[O-])n2)c2ccccc21. The van der Waals surface area contributed by atoms with Crippen LogP contribution in [0, 0.1) is 10.1 Å². The van der Waals surface area contributed by atoms with Gasteiger partial charge in [0.05, 0.1) is 22.5 Å². The maximum atomic E-state index is 10.8. The zero-order valence-corrected chi connectivity index (χ0v) is 12.0. The number of nitro groups is 1. The van der Waals surface area contributed by atoms with Crippen LogP contribution < -0.4 is 0 Å². The molecule has 0 aliphatic heterocycles. The van der Waals surface area contributed by atoms with Gasteiger partial charge in [0, 0.05) is 11.9 Å². The summed E-state index contributed by atoms with van der Waals surface area (Å²) in [6.07, 6.45) is 1.44. The number of nitrogens with zero attached hydrogens (tertiary/aromatic N) is 5. The van der Waals surface area contributed by atoms with Crippen molar-refractivity contribution in [2.75, 3.05) is 0 Å². The van der Waals surface area contributed by atoms with Crippen molar-refractivity contribution in [2.24, 2.45) is 0 Å². The highest BCUT2D eigenvalue weighted by Crippen LogP contribution is 2.23. The summed E-state index contributed by atoms with van der Waals surface area (Å²) in [4.78, 5) is 10.2. The van der Waals surface area contributed by atoms with Crippen LogP contribution in [0.25, 0.3) is 10.9 Å². The molecule has 21 heavy (non-hydrogen) atoms. The van der Waals surface area contributed by atoms with E-state index in [0.717, 1.165) is 23.1 Å². The second-order valence-corrected chi connectivity index (χ2v) is 4.94. The Morgan fingerprint density at radius 3 is 2.76 bits per heavy atom. The lowest BCUT2D eigenvalue weighted by Crippen LogP contribution is -2.03. The van der Waals surface area contributed by atoms with Crippen LogP contribution >= 0.6 is 11.6 Å². The third-order valence-electron chi connectivity index (χ3n) is 3.22. The van der Waals surface area contributed by atoms with Crippen molar-refractivity contribution in [3.8, 4) is 0 Å². The Balaban J connectivity index is 2.02. The van der Waals surface area contributed by atoms with Gasteiger partial charge in [-0.3, -0.25) is 4.68 Å². The van der Waals surface area contributed by atoms with Gasteiger partial charge in [-0.25, -0.2) is 0 Å². The molecule has 0 aliphatic carbocycles. The smallest absolute Gasteiger partial charge is 0.358 e. The molecule has 0 atom stereocenters. The van der Waals surface area contributed by atoms with Crippen LogP contribution in [0.5, 0.6) is 0 Å². The van der Waals surface area contributed by atoms with Gasteiger partial charge in [-0.15, -0.1) is 0 Å². The summed E-state index contributed by atoms with van der Waals surface area (Å²) in [7, 11) is 0. The lowest BCUT2D eigenvalue weighted by atomic mass is 10.2. The zero-order valence-electron chi connectivity index (χ0n) is 11.2. The fourth-order valence-electron chi connectivity index (χ4n) is 2.30. The Morgan fingerprint density at radius 2 is 2.10 bits per heavy atom. The minimum Gasteiger partial charge on any atom is -0.358 e. The highest BCUT2D eigenvalue weighted by molar-refractivity contribution is 6.32. The molecule has 0 bridgehead atoms. The van der Waals surface area contributed by atoms with Gasteiger partial charge in [-0.2, -0.15) is 9.78 Å². The predicted octanol–water partition coefficient (Wildman–Crippen LogP) is 2.86. The Hall–Kier alpha value is -2.41. The van der Waals surface area contributed by atoms with Crippen molar-refractivity contribution in [2.45, 2.75) is 20.0 Å². The van der Waals surface area contributed by atoms with Gasteiger partial charge in [0.25, 0.3) is 0 Å². The van der Waals surface area contributed by atoms with Crippen LogP contribution in [0.2, 0.25) is 5.02 Å². The molecule has 3 rings (SSSR count). The molecule has 1 aromatic carbocycles. The summed E-state index contributed by atoms with van der Waals surface area (Å²) in [6, 6.07) is 7.86. The van der Waals surface area contributed by atoms with Crippen LogP contribution in [-0.4, -0.2) is 24.5 Å². The van der Waals surface area contributed by atoms with E-state index >= 15 is 0 Å². The molecule has 108 valence electrons. The summed E-state index contributed by atoms with van der Waals surface area (Å²) in [5.41, 5.74) is 1.84. The maximum absolute atomic E-state index is 10.8. The summed E-state index contributed by atoms with van der Waals surface area (Å²) in [5, 5.41) is 20.2. The molecule has 0 fully saturated rings. The van der Waals surface area contributed by atoms with Crippen molar-refractivity contribution in [1.29, 1.82) is 0 Å². The molecule has 0 aliphatic rings. The van der Waals surface area contributed by atoms with E-state index in [0.29, 0.717) is 6.54 Å². The van der Waals surface area contributed by atoms with Crippen molar-refractivity contribution >= 4 is 28.3 Å². The molecule has 0 N–H and O–H groups in total. The zero-order chi connectivity index (χ0) is 15.0. The molecular weight excluding hydrogens is 294 g/mol. The lowest BCUT2D eigenvalue weighted by molar-refractivity contribution is -0.389. The van der Waals surface area contributed by atoms with Crippen molar-refractivity contribution in [1.82, 2.24) is 19.6 Å². The first kappa shape index (κ1) is 13.6. The number of aryl methyl sites for hydroxylation is 1. The number of hydrogen-bond acceptors (Lipinski definition) is 4. The number of benzene rings is 1. The highest BCUT2D eigenvalue weighted by Gasteiger charge is 2.20. The van der Waals surface area contributed by atoms with E-state index < -0.39 is 4.92 Å². The first-order valence-corrected chi connectivity index (χ1v) is 6.79. The monoisotopic (exact) mass is 305 g/mol. The van der Waals surface area contributed by atoms with Crippen LogP contribution in [0.15, 0.2) is 30.5 Å². The van der Waals surface area contributed by atoms with Gasteiger partial charge in [0.1, 0.15) is 6.54 Å². The van der Waals surface area contributed by atoms with Gasteiger partial charge in [-0.1, -0.05) is 29.8 Å². The fourth-order valence-corrected chi connectivity index (χ4v) is 2.52. The Bertz CT molecular complexity index is 823. The second kappa shape index (κ2) is 5.17. The number of para-hydroxylation sites is 1. The van der Waals surface area contributed by atoms with Crippen LogP contribution in [0.3, 0.4) is 0 Å². The number of halogens is 1. The van der Waals surface area contributed by atoms with Crippen molar-refractivity contribution in [3.05, 3.63) is 51.3 Å². The van der Waals surface area contributed by atoms with Crippen molar-refractivity contribution in [3.63, 3.8) is 0 Å². The van der Waals surface area contributed by atoms with Gasteiger partial charge in [0.2, 0.25) is 0 Å². The quantitative estimate of drug-likeness (QED) is 0.548. The standard InChI is InChI=1S/C13H12ClN5O2/c1-2-18-12-6-4-3-5-9(12)11(15-18)8-17-7-10(14)13(16-17)19(20)21/h3-7H,2,8H2,1H3. The Labute approximate surface area is 124 Å². The van der Waals surface area contributed by atoms with Gasteiger partial charge in [0.15, 0.2) is 5.02 Å². The van der Waals surface area contributed by atoms with Gasteiger partial charge < -0.3 is 10.1 Å². The highest BCUT2D eigenvalue weighted by atomic mass is 35.5. The number of aromatic nitrogens is 4. The van der Waals surface area contributed by atoms with Crippen molar-refractivity contribution < 1.29 is 4.92 Å². The van der Waals surface area contributed by atoms with Crippen LogP contribution in [0.1, 0.15) is 12.6 Å². The largest absolute Gasteiger partial charge is 0.408 e. The molecule has 0 spiro atoms. The number of hydrogen-bond donors (Lipinski definition) is 0. The first-order chi connectivity index (χ1) is 10.1. The molecule has 3 aromatic rings. The molecule has 0 amide bonds. The molecule has 0 radical (unpaired) electrons. The van der Waals surface area contributed by atoms with Gasteiger partial charge >= 0.3 is 5.82 Å². The van der Waals surface area contributed by atoms with E-state index in [1.165, 1.54) is 10.9 Å². The van der Waals surface area contributed by atoms with Crippen LogP contribution in [0.4, 0.5) is 5.82 Å². The average Bonchev–Trinajstić information content (AvgIpc) is 3.01. The van der Waals surface area contributed by atoms with E-state index in [1.54, 1.807) is 0 Å². The van der Waals surface area contributed by atoms with E-state index in [4.69, 9.17) is 11.6 Å². The topological polar surface area (TPSA) is 78.8 Å². The van der Waals surface area contributed by atoms with E-state index in [2.05, 4.69) is 10.2 Å². The van der Waals surface area contributed by atoms with E-state index in [9.17, 15) is 10.1 Å². The third kappa shape index (κ3) is 2.36. The third-order valence-corrected chi connectivity index (χ3v) is 3.48. The summed E-state index contributed by atoms with van der Waals surface area (Å²) in [5.74, 6) is -0.337. The number of fused-ring (bicyclic) bond motifs is 1. The molecule has 0 saturated heterocycles. The molecule has 8 heteroatoms. The molecule has 2 heterocycles. The summed E-state index contributed by atoms with van der Waals surface area (Å²) >= 11 is 5.81. The molecule has 7 nitrogen and oxygen atoms in total. The molecule has 0 unspecified atom stereocenters. The summed E-state index contributed by atoms with van der Waals surface area (Å²) in [6.45, 7) is 3.10.